The first kappa shape index (κ1) is 21.7. The second-order valence-corrected chi connectivity index (χ2v) is 7.27. The Labute approximate surface area is 153 Å². The Balaban J connectivity index is 3.21. The lowest BCUT2D eigenvalue weighted by atomic mass is 10.0. The minimum Gasteiger partial charge on any atom is -0.393 e. The number of nitrogens with one attached hydrogen (secondary N) is 2. The van der Waals surface area contributed by atoms with Crippen molar-refractivity contribution in [1.82, 2.24) is 14.9 Å². The Hall–Kier alpha value is -2.38. The van der Waals surface area contributed by atoms with E-state index in [9.17, 15) is 14.4 Å². The van der Waals surface area contributed by atoms with E-state index in [0.717, 1.165) is 4.57 Å². The molecule has 26 heavy (non-hydrogen) atoms. The summed E-state index contributed by atoms with van der Waals surface area (Å²) in [5.41, 5.74) is -0.364. The van der Waals surface area contributed by atoms with E-state index in [2.05, 4.69) is 15.5 Å². The smallest absolute Gasteiger partial charge is 0.328 e. The number of amides is 1. The number of rotatable bonds is 8. The molecule has 8 nitrogen and oxygen atoms in total. The number of carbonyl (C=O) groups is 1. The molecular weight excluding hydrogens is 336 g/mol. The maximum atomic E-state index is 12.7. The summed E-state index contributed by atoms with van der Waals surface area (Å²) in [6.45, 7) is 12.8. The molecule has 0 spiro atoms. The Morgan fingerprint density at radius 2 is 1.85 bits per heavy atom. The molecule has 8 heteroatoms. The molecule has 0 saturated heterocycles. The summed E-state index contributed by atoms with van der Waals surface area (Å²) in [4.78, 5) is 44.7. The van der Waals surface area contributed by atoms with Crippen LogP contribution in [0, 0.1) is 11.8 Å². The van der Waals surface area contributed by atoms with E-state index < -0.39 is 11.2 Å². The lowest BCUT2D eigenvalue weighted by Crippen LogP contribution is -2.48. The van der Waals surface area contributed by atoms with Gasteiger partial charge in [-0.3, -0.25) is 14.2 Å². The number of carbonyl (C=O) groups excluding carboxylic acids is 1. The molecule has 0 aromatic carbocycles. The van der Waals surface area contributed by atoms with Crippen LogP contribution >= 0.6 is 0 Å². The summed E-state index contributed by atoms with van der Waals surface area (Å²) in [5.74, 6) is -0.251. The number of aromatic amines is 1. The molecule has 0 unspecified atom stereocenters. The van der Waals surface area contributed by atoms with Crippen LogP contribution in [0.3, 0.4) is 0 Å². The third-order valence-electron chi connectivity index (χ3n) is 3.89. The van der Waals surface area contributed by atoms with Gasteiger partial charge in [0.2, 0.25) is 5.91 Å². The Morgan fingerprint density at radius 1 is 1.23 bits per heavy atom. The van der Waals surface area contributed by atoms with Crippen LogP contribution in [-0.2, 0) is 16.2 Å². The first-order valence-corrected chi connectivity index (χ1v) is 8.88. The van der Waals surface area contributed by atoms with Gasteiger partial charge < -0.3 is 15.1 Å². The molecule has 0 bridgehead atoms. The van der Waals surface area contributed by atoms with Crippen LogP contribution in [0.1, 0.15) is 54.0 Å². The topological polar surface area (TPSA) is 106 Å². The van der Waals surface area contributed by atoms with Gasteiger partial charge in [0.05, 0.1) is 17.8 Å². The molecule has 2 N–H and O–H groups in total. The highest BCUT2D eigenvalue weighted by Gasteiger charge is 2.21. The van der Waals surface area contributed by atoms with Gasteiger partial charge in [-0.1, -0.05) is 32.9 Å². The first-order chi connectivity index (χ1) is 12.0. The second-order valence-electron chi connectivity index (χ2n) is 7.27. The second kappa shape index (κ2) is 9.35. The Bertz CT molecular complexity index is 759. The number of aromatic nitrogens is 2. The van der Waals surface area contributed by atoms with Crippen LogP contribution in [0.4, 0.5) is 0 Å². The normalized spacial score (nSPS) is 13.4. The van der Waals surface area contributed by atoms with Crippen molar-refractivity contribution in [3.8, 4) is 0 Å². The lowest BCUT2D eigenvalue weighted by Gasteiger charge is -2.24. The van der Waals surface area contributed by atoms with Crippen molar-refractivity contribution >= 4 is 11.6 Å². The van der Waals surface area contributed by atoms with Crippen LogP contribution < -0.4 is 16.6 Å². The summed E-state index contributed by atoms with van der Waals surface area (Å²) in [7, 11) is 0. The van der Waals surface area contributed by atoms with Crippen molar-refractivity contribution in [3.05, 3.63) is 32.6 Å². The average molecular weight is 366 g/mol. The molecule has 0 fully saturated rings. The lowest BCUT2D eigenvalue weighted by molar-refractivity contribution is -0.125. The van der Waals surface area contributed by atoms with Gasteiger partial charge >= 0.3 is 5.69 Å². The van der Waals surface area contributed by atoms with E-state index >= 15 is 0 Å². The van der Waals surface area contributed by atoms with Gasteiger partial charge in [0.15, 0.2) is 0 Å². The molecule has 1 rings (SSSR count). The Kier molecular flexibility index (Phi) is 7.79. The molecule has 0 aliphatic carbocycles. The van der Waals surface area contributed by atoms with Crippen molar-refractivity contribution < 1.29 is 9.63 Å². The third kappa shape index (κ3) is 5.86. The summed E-state index contributed by atoms with van der Waals surface area (Å²) in [6.07, 6.45) is 1.22. The molecule has 0 aliphatic rings. The van der Waals surface area contributed by atoms with Gasteiger partial charge in [-0.25, -0.2) is 4.79 Å². The van der Waals surface area contributed by atoms with Gasteiger partial charge in [-0.2, -0.15) is 0 Å². The highest BCUT2D eigenvalue weighted by molar-refractivity contribution is 5.97. The fourth-order valence-corrected chi connectivity index (χ4v) is 2.14. The third-order valence-corrected chi connectivity index (χ3v) is 3.89. The van der Waals surface area contributed by atoms with Crippen LogP contribution in [0.25, 0.3) is 0 Å². The molecule has 1 aromatic rings. The minimum absolute atomic E-state index is 0.0479. The highest BCUT2D eigenvalue weighted by Crippen LogP contribution is 2.05. The van der Waals surface area contributed by atoms with Crippen LogP contribution in [0.2, 0.25) is 0 Å². The fourth-order valence-electron chi connectivity index (χ4n) is 2.14. The summed E-state index contributed by atoms with van der Waals surface area (Å²) < 4.78 is 1.09. The number of oxime groups is 1. The molecule has 0 radical (unpaired) electrons. The van der Waals surface area contributed by atoms with Crippen LogP contribution in [0.5, 0.6) is 0 Å². The van der Waals surface area contributed by atoms with Gasteiger partial charge in [0, 0.05) is 18.2 Å². The van der Waals surface area contributed by atoms with E-state index in [4.69, 9.17) is 4.84 Å². The zero-order chi connectivity index (χ0) is 20.0. The fraction of sp³-hybridized carbons (Fsp3) is 0.667. The first-order valence-electron chi connectivity index (χ1n) is 8.88. The molecular formula is C18H30N4O4. The van der Waals surface area contributed by atoms with Crippen molar-refractivity contribution in [1.29, 1.82) is 0 Å². The van der Waals surface area contributed by atoms with E-state index in [1.54, 1.807) is 20.8 Å². The molecule has 146 valence electrons. The molecule has 0 saturated carbocycles. The number of hydrogen-bond donors (Lipinski definition) is 2. The predicted molar refractivity (Wildman–Crippen MR) is 101 cm³/mol. The summed E-state index contributed by atoms with van der Waals surface area (Å²) in [6, 6.07) is -0.344. The Morgan fingerprint density at radius 3 is 2.35 bits per heavy atom. The maximum absolute atomic E-state index is 12.7. The van der Waals surface area contributed by atoms with Gasteiger partial charge in [-0.05, 0) is 26.7 Å². The van der Waals surface area contributed by atoms with Crippen molar-refractivity contribution in [2.75, 3.05) is 0 Å². The standard InChI is InChI=1S/C18H30N4O4/c1-10(2)15(20-16(23)11(3)4)9-22-17(24)14(8-19-18(22)25)13(7)21-26-12(5)6/h8,10-12,15H,9H2,1-7H3,(H,19,25)(H,20,23)/b21-13+/t15-/m1/s1. The van der Waals surface area contributed by atoms with E-state index in [1.165, 1.54) is 6.20 Å². The van der Waals surface area contributed by atoms with Gasteiger partial charge in [-0.15, -0.1) is 0 Å². The monoisotopic (exact) mass is 366 g/mol. The average Bonchev–Trinajstić information content (AvgIpc) is 2.54. The summed E-state index contributed by atoms with van der Waals surface area (Å²) >= 11 is 0. The molecule has 1 atom stereocenters. The molecule has 1 amide bonds. The number of nitrogens with zero attached hydrogens (tertiary/aromatic N) is 2. The molecule has 1 aromatic heterocycles. The van der Waals surface area contributed by atoms with Gasteiger partial charge in [0.25, 0.3) is 5.56 Å². The van der Waals surface area contributed by atoms with Gasteiger partial charge in [0.1, 0.15) is 6.10 Å². The maximum Gasteiger partial charge on any atom is 0.328 e. The number of H-pyrrole nitrogens is 1. The molecule has 0 aliphatic heterocycles. The largest absolute Gasteiger partial charge is 0.393 e. The van der Waals surface area contributed by atoms with Crippen molar-refractivity contribution in [2.45, 2.75) is 67.2 Å². The zero-order valence-electron chi connectivity index (χ0n) is 16.6. The van der Waals surface area contributed by atoms with Crippen molar-refractivity contribution in [3.63, 3.8) is 0 Å². The summed E-state index contributed by atoms with van der Waals surface area (Å²) in [5, 5.41) is 6.82. The van der Waals surface area contributed by atoms with Crippen molar-refractivity contribution in [2.24, 2.45) is 17.0 Å². The molecule has 1 heterocycles. The van der Waals surface area contributed by atoms with E-state index in [0.29, 0.717) is 5.71 Å². The minimum atomic E-state index is -0.527. The number of hydrogen-bond acceptors (Lipinski definition) is 5. The zero-order valence-corrected chi connectivity index (χ0v) is 16.6. The van der Waals surface area contributed by atoms with Crippen LogP contribution in [0.15, 0.2) is 20.9 Å². The highest BCUT2D eigenvalue weighted by atomic mass is 16.6. The SMILES string of the molecule is C/C(=N\OC(C)C)c1c[nH]c(=O)n(C[C@@H](NC(=O)C(C)C)C(C)C)c1=O. The van der Waals surface area contributed by atoms with E-state index in [-0.39, 0.29) is 42.0 Å². The quantitative estimate of drug-likeness (QED) is 0.537. The van der Waals surface area contributed by atoms with E-state index in [1.807, 2.05) is 27.7 Å². The predicted octanol–water partition coefficient (Wildman–Crippen LogP) is 1.48. The van der Waals surface area contributed by atoms with Crippen LogP contribution in [-0.4, -0.2) is 33.3 Å².